The fourth-order valence-electron chi connectivity index (χ4n) is 2.83. The lowest BCUT2D eigenvalue weighted by Gasteiger charge is -2.10. The maximum absolute atomic E-state index is 12.9. The van der Waals surface area contributed by atoms with Gasteiger partial charge in [0.2, 0.25) is 5.91 Å². The maximum Gasteiger partial charge on any atom is 0.262 e. The van der Waals surface area contributed by atoms with Crippen LogP contribution >= 0.6 is 23.8 Å². The molecule has 150 valence electrons. The summed E-state index contributed by atoms with van der Waals surface area (Å²) < 4.78 is 1.73. The average molecular weight is 431 g/mol. The number of nitrogens with one attached hydrogen (secondary N) is 3. The summed E-state index contributed by atoms with van der Waals surface area (Å²) in [5.74, 6) is -0.464. The highest BCUT2D eigenvalue weighted by atomic mass is 35.5. The summed E-state index contributed by atoms with van der Waals surface area (Å²) in [6.07, 6.45) is 0. The van der Waals surface area contributed by atoms with E-state index in [-0.39, 0.29) is 22.1 Å². The zero-order valence-electron chi connectivity index (χ0n) is 15.6. The molecule has 9 heteroatoms. The van der Waals surface area contributed by atoms with E-state index < -0.39 is 0 Å². The highest BCUT2D eigenvalue weighted by Gasteiger charge is 2.11. The topological polar surface area (TPSA) is 96.0 Å². The van der Waals surface area contributed by atoms with E-state index in [1.807, 2.05) is 12.1 Å². The molecule has 0 aliphatic rings. The number of halogens is 1. The SMILES string of the molecule is CC(=O)NCCNC(=O)c1ccc2c(=O)n(Cc3ccc(Cl)cc3)c(=S)[nH]c2c1. The van der Waals surface area contributed by atoms with Crippen molar-refractivity contribution in [3.05, 3.63) is 73.7 Å². The van der Waals surface area contributed by atoms with Gasteiger partial charge in [-0.15, -0.1) is 0 Å². The number of rotatable bonds is 6. The van der Waals surface area contributed by atoms with E-state index in [1.165, 1.54) is 11.5 Å². The van der Waals surface area contributed by atoms with Gasteiger partial charge in [0.25, 0.3) is 11.5 Å². The Balaban J connectivity index is 1.84. The van der Waals surface area contributed by atoms with Crippen molar-refractivity contribution in [3.8, 4) is 0 Å². The third kappa shape index (κ3) is 5.10. The van der Waals surface area contributed by atoms with Gasteiger partial charge in [0.1, 0.15) is 0 Å². The molecule has 7 nitrogen and oxygen atoms in total. The van der Waals surface area contributed by atoms with Crippen LogP contribution in [-0.2, 0) is 11.3 Å². The molecule has 2 aromatic carbocycles. The molecular weight excluding hydrogens is 412 g/mol. The molecule has 0 aliphatic heterocycles. The van der Waals surface area contributed by atoms with Gasteiger partial charge < -0.3 is 15.6 Å². The van der Waals surface area contributed by atoms with Crippen LogP contribution in [0.5, 0.6) is 0 Å². The lowest BCUT2D eigenvalue weighted by atomic mass is 10.1. The van der Waals surface area contributed by atoms with Crippen molar-refractivity contribution in [2.75, 3.05) is 13.1 Å². The summed E-state index contributed by atoms with van der Waals surface area (Å²) in [7, 11) is 0. The molecule has 2 amide bonds. The summed E-state index contributed by atoms with van der Waals surface area (Å²) >= 11 is 11.3. The monoisotopic (exact) mass is 430 g/mol. The molecule has 3 rings (SSSR count). The van der Waals surface area contributed by atoms with Crippen molar-refractivity contribution in [1.82, 2.24) is 20.2 Å². The Labute approximate surface area is 176 Å². The smallest absolute Gasteiger partial charge is 0.262 e. The second-order valence-corrected chi connectivity index (χ2v) is 7.27. The summed E-state index contributed by atoms with van der Waals surface area (Å²) in [4.78, 5) is 39.0. The molecular formula is C20H19ClN4O3S. The molecule has 0 saturated heterocycles. The fourth-order valence-corrected chi connectivity index (χ4v) is 3.21. The Morgan fingerprint density at radius 3 is 2.48 bits per heavy atom. The van der Waals surface area contributed by atoms with Crippen LogP contribution in [0.1, 0.15) is 22.8 Å². The first-order chi connectivity index (χ1) is 13.8. The first-order valence-electron chi connectivity index (χ1n) is 8.89. The standard InChI is InChI=1S/C20H19ClN4O3S/c1-12(26)22-8-9-23-18(27)14-4-7-16-17(10-14)24-20(29)25(19(16)28)11-13-2-5-15(21)6-3-13/h2-7,10H,8-9,11H2,1H3,(H,22,26)(H,23,27)(H,24,29). The van der Waals surface area contributed by atoms with Crippen LogP contribution in [0.3, 0.4) is 0 Å². The normalized spacial score (nSPS) is 10.7. The van der Waals surface area contributed by atoms with Crippen LogP contribution in [0.15, 0.2) is 47.3 Å². The van der Waals surface area contributed by atoms with Gasteiger partial charge in [-0.1, -0.05) is 23.7 Å². The Bertz CT molecular complexity index is 1190. The van der Waals surface area contributed by atoms with E-state index in [4.69, 9.17) is 23.8 Å². The summed E-state index contributed by atoms with van der Waals surface area (Å²) in [6.45, 7) is 2.36. The van der Waals surface area contributed by atoms with Gasteiger partial charge in [0.05, 0.1) is 17.4 Å². The van der Waals surface area contributed by atoms with E-state index in [0.29, 0.717) is 41.1 Å². The van der Waals surface area contributed by atoms with E-state index in [0.717, 1.165) is 5.56 Å². The van der Waals surface area contributed by atoms with E-state index in [9.17, 15) is 14.4 Å². The quantitative estimate of drug-likeness (QED) is 0.413. The van der Waals surface area contributed by atoms with Crippen molar-refractivity contribution in [1.29, 1.82) is 0 Å². The van der Waals surface area contributed by atoms with Gasteiger partial charge in [-0.25, -0.2) is 0 Å². The summed E-state index contributed by atoms with van der Waals surface area (Å²) in [5, 5.41) is 6.36. The third-order valence-electron chi connectivity index (χ3n) is 4.28. The van der Waals surface area contributed by atoms with Crippen LogP contribution < -0.4 is 16.2 Å². The number of benzene rings is 2. The number of carbonyl (C=O) groups is 2. The van der Waals surface area contributed by atoms with Crippen molar-refractivity contribution in [3.63, 3.8) is 0 Å². The highest BCUT2D eigenvalue weighted by molar-refractivity contribution is 7.71. The predicted molar refractivity (Wildman–Crippen MR) is 115 cm³/mol. The average Bonchev–Trinajstić information content (AvgIpc) is 2.69. The van der Waals surface area contributed by atoms with Crippen LogP contribution in [0.4, 0.5) is 0 Å². The van der Waals surface area contributed by atoms with Gasteiger partial charge in [0, 0.05) is 30.6 Å². The summed E-state index contributed by atoms with van der Waals surface area (Å²) in [5.41, 5.74) is 1.53. The minimum Gasteiger partial charge on any atom is -0.355 e. The van der Waals surface area contributed by atoms with Crippen LogP contribution in [-0.4, -0.2) is 34.5 Å². The molecule has 0 saturated carbocycles. The molecule has 1 heterocycles. The zero-order chi connectivity index (χ0) is 21.0. The number of hydrogen-bond donors (Lipinski definition) is 3. The van der Waals surface area contributed by atoms with E-state index in [1.54, 1.807) is 30.3 Å². The predicted octanol–water partition coefficient (Wildman–Crippen LogP) is 2.63. The van der Waals surface area contributed by atoms with Gasteiger partial charge in [-0.05, 0) is 48.1 Å². The van der Waals surface area contributed by atoms with Crippen LogP contribution in [0.2, 0.25) is 5.02 Å². The zero-order valence-corrected chi connectivity index (χ0v) is 17.2. The Hall–Kier alpha value is -2.97. The second kappa shape index (κ2) is 9.02. The fraction of sp³-hybridized carbons (Fsp3) is 0.200. The van der Waals surface area contributed by atoms with Crippen LogP contribution in [0.25, 0.3) is 10.9 Å². The number of H-pyrrole nitrogens is 1. The first-order valence-corrected chi connectivity index (χ1v) is 9.68. The minimum absolute atomic E-state index is 0.160. The lowest BCUT2D eigenvalue weighted by molar-refractivity contribution is -0.118. The van der Waals surface area contributed by atoms with Crippen molar-refractivity contribution in [2.45, 2.75) is 13.5 Å². The Morgan fingerprint density at radius 1 is 1.10 bits per heavy atom. The summed E-state index contributed by atoms with van der Waals surface area (Å²) in [6, 6.07) is 12.0. The maximum atomic E-state index is 12.9. The van der Waals surface area contributed by atoms with E-state index in [2.05, 4.69) is 15.6 Å². The number of fused-ring (bicyclic) bond motifs is 1. The number of aromatic amines is 1. The van der Waals surface area contributed by atoms with E-state index >= 15 is 0 Å². The van der Waals surface area contributed by atoms with Crippen molar-refractivity contribution in [2.24, 2.45) is 0 Å². The van der Waals surface area contributed by atoms with Gasteiger partial charge >= 0.3 is 0 Å². The van der Waals surface area contributed by atoms with Gasteiger partial charge in [-0.3, -0.25) is 19.0 Å². The molecule has 3 N–H and O–H groups in total. The second-order valence-electron chi connectivity index (χ2n) is 6.45. The molecule has 0 unspecified atom stereocenters. The van der Waals surface area contributed by atoms with Crippen molar-refractivity contribution >= 4 is 46.5 Å². The molecule has 1 aromatic heterocycles. The Kier molecular flexibility index (Phi) is 6.46. The van der Waals surface area contributed by atoms with Gasteiger partial charge in [0.15, 0.2) is 4.77 Å². The number of amides is 2. The molecule has 0 atom stereocenters. The number of nitrogens with zero attached hydrogens (tertiary/aromatic N) is 1. The Morgan fingerprint density at radius 2 is 1.79 bits per heavy atom. The molecule has 3 aromatic rings. The lowest BCUT2D eigenvalue weighted by Crippen LogP contribution is -2.33. The molecule has 0 fully saturated rings. The van der Waals surface area contributed by atoms with Gasteiger partial charge in [-0.2, -0.15) is 0 Å². The molecule has 0 spiro atoms. The van der Waals surface area contributed by atoms with Crippen LogP contribution in [0, 0.1) is 4.77 Å². The third-order valence-corrected chi connectivity index (χ3v) is 4.86. The first kappa shape index (κ1) is 20.8. The number of carbonyl (C=O) groups excluding carboxylic acids is 2. The minimum atomic E-state index is -0.304. The number of hydrogen-bond acceptors (Lipinski definition) is 4. The number of aromatic nitrogens is 2. The largest absolute Gasteiger partial charge is 0.355 e. The molecule has 29 heavy (non-hydrogen) atoms. The molecule has 0 bridgehead atoms. The van der Waals surface area contributed by atoms with Crippen molar-refractivity contribution < 1.29 is 9.59 Å². The molecule has 0 aliphatic carbocycles. The highest BCUT2D eigenvalue weighted by Crippen LogP contribution is 2.13. The molecule has 0 radical (unpaired) electrons.